The monoisotopic (exact) mass is 452 g/mol. The quantitative estimate of drug-likeness (QED) is 0.663. The van der Waals surface area contributed by atoms with Gasteiger partial charge in [-0.1, -0.05) is 24.3 Å². The molecule has 2 amide bonds. The summed E-state index contributed by atoms with van der Waals surface area (Å²) in [4.78, 5) is 28.4. The fourth-order valence-electron chi connectivity index (χ4n) is 3.22. The first-order chi connectivity index (χ1) is 13.3. The number of benzene rings is 2. The second kappa shape index (κ2) is 8.68. The van der Waals surface area contributed by atoms with Gasteiger partial charge in [0.25, 0.3) is 0 Å². The molecule has 3 rings (SSSR count). The average molecular weight is 453 g/mol. The first-order valence-electron chi connectivity index (χ1n) is 8.68. The lowest BCUT2D eigenvalue weighted by molar-refractivity contribution is -0.135. The summed E-state index contributed by atoms with van der Waals surface area (Å²) in [6.45, 7) is -2.23. The largest absolute Gasteiger partial charge is 0.435 e. The standard InChI is InChI=1S/C20H19BrF2N2O3/c1-24(11-13-6-8-15(9-7-13)28-20(22)23)19(27)14-10-18(26)25(12-14)17-5-3-2-4-16(17)21/h2-9,14,20H,10-12H2,1H3/t14-/m1/s1. The van der Waals surface area contributed by atoms with E-state index in [1.165, 1.54) is 12.1 Å². The third-order valence-corrected chi connectivity index (χ3v) is 5.23. The number of alkyl halides is 2. The van der Waals surface area contributed by atoms with Crippen LogP contribution in [-0.2, 0) is 16.1 Å². The Morgan fingerprint density at radius 2 is 1.93 bits per heavy atom. The fraction of sp³-hybridized carbons (Fsp3) is 0.300. The number of carbonyl (C=O) groups is 2. The van der Waals surface area contributed by atoms with Crippen LogP contribution < -0.4 is 9.64 Å². The van der Waals surface area contributed by atoms with Gasteiger partial charge in [0, 0.05) is 31.0 Å². The lowest BCUT2D eigenvalue weighted by Crippen LogP contribution is -2.34. The first-order valence-corrected chi connectivity index (χ1v) is 9.48. The smallest absolute Gasteiger partial charge is 0.387 e. The molecule has 1 atom stereocenters. The Morgan fingerprint density at radius 1 is 1.25 bits per heavy atom. The Bertz CT molecular complexity index is 861. The van der Waals surface area contributed by atoms with Gasteiger partial charge in [-0.25, -0.2) is 0 Å². The molecule has 8 heteroatoms. The van der Waals surface area contributed by atoms with Crippen LogP contribution >= 0.6 is 15.9 Å². The minimum atomic E-state index is -2.87. The van der Waals surface area contributed by atoms with E-state index in [9.17, 15) is 18.4 Å². The molecule has 28 heavy (non-hydrogen) atoms. The van der Waals surface area contributed by atoms with Crippen LogP contribution in [0.15, 0.2) is 53.0 Å². The first kappa shape index (κ1) is 20.3. The summed E-state index contributed by atoms with van der Waals surface area (Å²) in [5, 5.41) is 0. The Balaban J connectivity index is 1.62. The highest BCUT2D eigenvalue weighted by molar-refractivity contribution is 9.10. The van der Waals surface area contributed by atoms with Gasteiger partial charge in [-0.2, -0.15) is 8.78 Å². The summed E-state index contributed by atoms with van der Waals surface area (Å²) in [7, 11) is 1.66. The highest BCUT2D eigenvalue weighted by atomic mass is 79.9. The Hall–Kier alpha value is -2.48. The summed E-state index contributed by atoms with van der Waals surface area (Å²) in [6, 6.07) is 13.5. The number of hydrogen-bond acceptors (Lipinski definition) is 3. The van der Waals surface area contributed by atoms with Gasteiger partial charge in [-0.3, -0.25) is 9.59 Å². The number of anilines is 1. The molecule has 1 aliphatic heterocycles. The van der Waals surface area contributed by atoms with E-state index in [1.807, 2.05) is 24.3 Å². The van der Waals surface area contributed by atoms with Crippen molar-refractivity contribution in [2.45, 2.75) is 19.6 Å². The van der Waals surface area contributed by atoms with Gasteiger partial charge in [-0.15, -0.1) is 0 Å². The molecule has 0 aromatic heterocycles. The van der Waals surface area contributed by atoms with E-state index >= 15 is 0 Å². The molecule has 1 saturated heterocycles. The van der Waals surface area contributed by atoms with Crippen molar-refractivity contribution < 1.29 is 23.1 Å². The number of carbonyl (C=O) groups excluding carboxylic acids is 2. The molecule has 0 aliphatic carbocycles. The lowest BCUT2D eigenvalue weighted by atomic mass is 10.1. The van der Waals surface area contributed by atoms with Crippen LogP contribution in [0.2, 0.25) is 0 Å². The predicted octanol–water partition coefficient (Wildman–Crippen LogP) is 4.06. The van der Waals surface area contributed by atoms with Crippen LogP contribution in [0.25, 0.3) is 0 Å². The maximum Gasteiger partial charge on any atom is 0.387 e. The van der Waals surface area contributed by atoms with Gasteiger partial charge in [0.05, 0.1) is 11.6 Å². The molecule has 0 bridgehead atoms. The highest BCUT2D eigenvalue weighted by Crippen LogP contribution is 2.32. The van der Waals surface area contributed by atoms with Gasteiger partial charge < -0.3 is 14.5 Å². The molecule has 0 saturated carbocycles. The van der Waals surface area contributed by atoms with E-state index < -0.39 is 12.5 Å². The molecule has 148 valence electrons. The molecular formula is C20H19BrF2N2O3. The summed E-state index contributed by atoms with van der Waals surface area (Å²) in [5.74, 6) is -0.577. The van der Waals surface area contributed by atoms with Crippen LogP contribution in [0.5, 0.6) is 5.75 Å². The van der Waals surface area contributed by atoms with E-state index in [0.29, 0.717) is 13.1 Å². The van der Waals surface area contributed by atoms with Crippen LogP contribution in [0.4, 0.5) is 14.5 Å². The zero-order valence-corrected chi connectivity index (χ0v) is 16.7. The molecule has 1 fully saturated rings. The summed E-state index contributed by atoms with van der Waals surface area (Å²) in [6.07, 6.45) is 0.158. The molecule has 2 aromatic carbocycles. The van der Waals surface area contributed by atoms with Crippen molar-refractivity contribution in [1.82, 2.24) is 4.90 Å². The Labute approximate surface area is 170 Å². The Morgan fingerprint density at radius 3 is 2.57 bits per heavy atom. The van der Waals surface area contributed by atoms with Crippen LogP contribution in [-0.4, -0.2) is 36.9 Å². The van der Waals surface area contributed by atoms with Crippen LogP contribution in [0.1, 0.15) is 12.0 Å². The van der Waals surface area contributed by atoms with E-state index in [4.69, 9.17) is 0 Å². The maximum absolute atomic E-state index is 12.8. The topological polar surface area (TPSA) is 49.9 Å². The minimum absolute atomic E-state index is 0.0678. The lowest BCUT2D eigenvalue weighted by Gasteiger charge is -2.22. The van der Waals surface area contributed by atoms with Gasteiger partial charge in [0.1, 0.15) is 5.75 Å². The molecule has 0 N–H and O–H groups in total. The van der Waals surface area contributed by atoms with Gasteiger partial charge in [0.15, 0.2) is 0 Å². The van der Waals surface area contributed by atoms with E-state index in [1.54, 1.807) is 29.0 Å². The van der Waals surface area contributed by atoms with E-state index in [2.05, 4.69) is 20.7 Å². The second-order valence-electron chi connectivity index (χ2n) is 6.57. The number of nitrogens with zero attached hydrogens (tertiary/aromatic N) is 2. The molecule has 5 nitrogen and oxygen atoms in total. The molecule has 0 radical (unpaired) electrons. The van der Waals surface area contributed by atoms with Gasteiger partial charge in [-0.05, 0) is 45.8 Å². The molecule has 0 spiro atoms. The van der Waals surface area contributed by atoms with Crippen molar-refractivity contribution in [2.75, 3.05) is 18.5 Å². The van der Waals surface area contributed by atoms with E-state index in [0.717, 1.165) is 15.7 Å². The summed E-state index contributed by atoms with van der Waals surface area (Å²) >= 11 is 3.44. The molecular weight excluding hydrogens is 434 g/mol. The number of para-hydroxylation sites is 1. The van der Waals surface area contributed by atoms with Crippen molar-refractivity contribution in [3.8, 4) is 5.75 Å². The highest BCUT2D eigenvalue weighted by Gasteiger charge is 2.37. The predicted molar refractivity (Wildman–Crippen MR) is 104 cm³/mol. The minimum Gasteiger partial charge on any atom is -0.435 e. The number of hydrogen-bond donors (Lipinski definition) is 0. The molecule has 1 aliphatic rings. The zero-order chi connectivity index (χ0) is 20.3. The van der Waals surface area contributed by atoms with Crippen molar-refractivity contribution in [3.63, 3.8) is 0 Å². The SMILES string of the molecule is CN(Cc1ccc(OC(F)F)cc1)C(=O)[C@@H]1CC(=O)N(c2ccccc2Br)C1. The van der Waals surface area contributed by atoms with Crippen LogP contribution in [0, 0.1) is 5.92 Å². The number of rotatable bonds is 6. The normalized spacial score (nSPS) is 16.5. The van der Waals surface area contributed by atoms with Gasteiger partial charge in [0.2, 0.25) is 11.8 Å². The second-order valence-corrected chi connectivity index (χ2v) is 7.43. The van der Waals surface area contributed by atoms with Crippen molar-refractivity contribution >= 4 is 33.4 Å². The van der Waals surface area contributed by atoms with E-state index in [-0.39, 0.29) is 24.0 Å². The number of ether oxygens (including phenoxy) is 1. The van der Waals surface area contributed by atoms with Gasteiger partial charge >= 0.3 is 6.61 Å². The molecule has 2 aromatic rings. The number of halogens is 3. The number of amides is 2. The van der Waals surface area contributed by atoms with Crippen molar-refractivity contribution in [3.05, 3.63) is 58.6 Å². The zero-order valence-electron chi connectivity index (χ0n) is 15.1. The average Bonchev–Trinajstić information content (AvgIpc) is 3.04. The third-order valence-electron chi connectivity index (χ3n) is 4.56. The molecule has 1 heterocycles. The van der Waals surface area contributed by atoms with Crippen molar-refractivity contribution in [1.29, 1.82) is 0 Å². The summed E-state index contributed by atoms with van der Waals surface area (Å²) < 4.78 is 29.5. The molecule has 0 unspecified atom stereocenters. The maximum atomic E-state index is 12.8. The summed E-state index contributed by atoms with van der Waals surface area (Å²) in [5.41, 5.74) is 1.53. The van der Waals surface area contributed by atoms with Crippen molar-refractivity contribution in [2.24, 2.45) is 5.92 Å². The fourth-order valence-corrected chi connectivity index (χ4v) is 3.72. The Kier molecular flexibility index (Phi) is 6.28. The third kappa shape index (κ3) is 4.67. The van der Waals surface area contributed by atoms with Crippen LogP contribution in [0.3, 0.4) is 0 Å².